The van der Waals surface area contributed by atoms with Crippen molar-refractivity contribution in [2.24, 2.45) is 0 Å². The van der Waals surface area contributed by atoms with Gasteiger partial charge in [-0.1, -0.05) is 0 Å². The molecule has 0 aliphatic carbocycles. The number of benzene rings is 1. The van der Waals surface area contributed by atoms with E-state index in [0.717, 1.165) is 5.69 Å². The number of hydrogen-bond donors (Lipinski definition) is 2. The zero-order valence-electron chi connectivity index (χ0n) is 10.7. The number of H-pyrrole nitrogens is 1. The van der Waals surface area contributed by atoms with E-state index < -0.39 is 0 Å². The van der Waals surface area contributed by atoms with Gasteiger partial charge in [-0.15, -0.1) is 0 Å². The van der Waals surface area contributed by atoms with Crippen LogP contribution in [0.5, 0.6) is 0 Å². The third kappa shape index (κ3) is 2.16. The standard InChI is InChI=1S/C14H12FN3O2/c1-8-11-6-9(15)2-3-12(11)20-13(8)14(19)16-7-10-4-5-17-18-10/h2-6H,7H2,1H3,(H,16,19)(H,17,18). The first kappa shape index (κ1) is 12.4. The molecule has 0 radical (unpaired) electrons. The molecule has 3 rings (SSSR count). The van der Waals surface area contributed by atoms with Gasteiger partial charge < -0.3 is 9.73 Å². The average Bonchev–Trinajstić information content (AvgIpc) is 3.05. The van der Waals surface area contributed by atoms with Crippen molar-refractivity contribution >= 4 is 16.9 Å². The summed E-state index contributed by atoms with van der Waals surface area (Å²) in [6, 6.07) is 5.95. The largest absolute Gasteiger partial charge is 0.451 e. The molecule has 0 fully saturated rings. The molecule has 6 heteroatoms. The monoisotopic (exact) mass is 273 g/mol. The summed E-state index contributed by atoms with van der Waals surface area (Å²) in [6.45, 7) is 2.06. The molecule has 0 aliphatic rings. The van der Waals surface area contributed by atoms with Gasteiger partial charge in [-0.05, 0) is 31.2 Å². The first-order chi connectivity index (χ1) is 9.65. The zero-order valence-corrected chi connectivity index (χ0v) is 10.7. The topological polar surface area (TPSA) is 70.9 Å². The van der Waals surface area contributed by atoms with Crippen LogP contribution in [0.2, 0.25) is 0 Å². The lowest BCUT2D eigenvalue weighted by Gasteiger charge is -2.01. The van der Waals surface area contributed by atoms with Crippen molar-refractivity contribution in [3.8, 4) is 0 Å². The number of carbonyl (C=O) groups excluding carboxylic acids is 1. The zero-order chi connectivity index (χ0) is 14.1. The number of aryl methyl sites for hydroxylation is 1. The van der Waals surface area contributed by atoms with Gasteiger partial charge in [0.05, 0.1) is 12.2 Å². The smallest absolute Gasteiger partial charge is 0.287 e. The number of fused-ring (bicyclic) bond motifs is 1. The molecule has 0 unspecified atom stereocenters. The van der Waals surface area contributed by atoms with Gasteiger partial charge in [0.15, 0.2) is 5.76 Å². The number of nitrogens with one attached hydrogen (secondary N) is 2. The second-order valence-electron chi connectivity index (χ2n) is 4.46. The molecule has 20 heavy (non-hydrogen) atoms. The number of aromatic nitrogens is 2. The molecule has 2 heterocycles. The SMILES string of the molecule is Cc1c(C(=O)NCc2ccn[nH]2)oc2ccc(F)cc12. The summed E-state index contributed by atoms with van der Waals surface area (Å²) in [5, 5.41) is 9.87. The van der Waals surface area contributed by atoms with Crippen LogP contribution in [0.25, 0.3) is 11.0 Å². The second kappa shape index (κ2) is 4.80. The maximum Gasteiger partial charge on any atom is 0.287 e. The predicted molar refractivity (Wildman–Crippen MR) is 70.7 cm³/mol. The third-order valence-corrected chi connectivity index (χ3v) is 3.10. The number of carbonyl (C=O) groups is 1. The molecule has 2 aromatic heterocycles. The van der Waals surface area contributed by atoms with Gasteiger partial charge in [-0.3, -0.25) is 9.89 Å². The second-order valence-corrected chi connectivity index (χ2v) is 4.46. The van der Waals surface area contributed by atoms with Crippen LogP contribution in [0.15, 0.2) is 34.9 Å². The highest BCUT2D eigenvalue weighted by molar-refractivity contribution is 5.98. The van der Waals surface area contributed by atoms with Gasteiger partial charge in [0.25, 0.3) is 5.91 Å². The Hall–Kier alpha value is -2.63. The fourth-order valence-corrected chi connectivity index (χ4v) is 2.05. The van der Waals surface area contributed by atoms with Crippen molar-refractivity contribution < 1.29 is 13.6 Å². The summed E-state index contributed by atoms with van der Waals surface area (Å²) in [7, 11) is 0. The van der Waals surface area contributed by atoms with Gasteiger partial charge in [-0.25, -0.2) is 4.39 Å². The Morgan fingerprint density at radius 3 is 3.05 bits per heavy atom. The van der Waals surface area contributed by atoms with E-state index >= 15 is 0 Å². The van der Waals surface area contributed by atoms with Crippen LogP contribution < -0.4 is 5.32 Å². The lowest BCUT2D eigenvalue weighted by atomic mass is 10.1. The van der Waals surface area contributed by atoms with Crippen molar-refractivity contribution in [2.75, 3.05) is 0 Å². The van der Waals surface area contributed by atoms with Crippen LogP contribution in [0.1, 0.15) is 21.8 Å². The molecule has 0 bridgehead atoms. The molecule has 5 nitrogen and oxygen atoms in total. The van der Waals surface area contributed by atoms with Crippen molar-refractivity contribution in [2.45, 2.75) is 13.5 Å². The average molecular weight is 273 g/mol. The predicted octanol–water partition coefficient (Wildman–Crippen LogP) is 2.53. The summed E-state index contributed by atoms with van der Waals surface area (Å²) < 4.78 is 18.7. The van der Waals surface area contributed by atoms with Crippen LogP contribution in [0.4, 0.5) is 4.39 Å². The molecule has 0 saturated carbocycles. The Kier molecular flexibility index (Phi) is 2.98. The van der Waals surface area contributed by atoms with E-state index in [-0.39, 0.29) is 17.5 Å². The maximum absolute atomic E-state index is 13.2. The van der Waals surface area contributed by atoms with Crippen LogP contribution in [0, 0.1) is 12.7 Å². The molecule has 2 N–H and O–H groups in total. The number of hydrogen-bond acceptors (Lipinski definition) is 3. The summed E-state index contributed by atoms with van der Waals surface area (Å²) in [5.41, 5.74) is 1.91. The molecule has 0 saturated heterocycles. The van der Waals surface area contributed by atoms with Crippen molar-refractivity contribution in [1.29, 1.82) is 0 Å². The first-order valence-electron chi connectivity index (χ1n) is 6.10. The summed E-state index contributed by atoms with van der Waals surface area (Å²) in [6.07, 6.45) is 1.61. The minimum absolute atomic E-state index is 0.199. The number of amides is 1. The van der Waals surface area contributed by atoms with E-state index in [0.29, 0.717) is 23.1 Å². The van der Waals surface area contributed by atoms with Crippen molar-refractivity contribution in [1.82, 2.24) is 15.5 Å². The fourth-order valence-electron chi connectivity index (χ4n) is 2.05. The molecule has 102 valence electrons. The first-order valence-corrected chi connectivity index (χ1v) is 6.10. The minimum atomic E-state index is -0.356. The number of rotatable bonds is 3. The van der Waals surface area contributed by atoms with E-state index in [2.05, 4.69) is 15.5 Å². The van der Waals surface area contributed by atoms with Crippen LogP contribution >= 0.6 is 0 Å². The Balaban J connectivity index is 1.86. The lowest BCUT2D eigenvalue weighted by Crippen LogP contribution is -2.23. The summed E-state index contributed by atoms with van der Waals surface area (Å²) >= 11 is 0. The van der Waals surface area contributed by atoms with Crippen LogP contribution in [-0.2, 0) is 6.54 Å². The summed E-state index contributed by atoms with van der Waals surface area (Å²) in [5.74, 6) is -0.496. The summed E-state index contributed by atoms with van der Waals surface area (Å²) in [4.78, 5) is 12.1. The molecule has 1 aromatic carbocycles. The van der Waals surface area contributed by atoms with E-state index in [1.54, 1.807) is 19.2 Å². The van der Waals surface area contributed by atoms with Crippen molar-refractivity contribution in [3.63, 3.8) is 0 Å². The Labute approximate surface area is 113 Å². The molecule has 0 atom stereocenters. The minimum Gasteiger partial charge on any atom is -0.451 e. The third-order valence-electron chi connectivity index (χ3n) is 3.10. The highest BCUT2D eigenvalue weighted by atomic mass is 19.1. The molecular formula is C14H12FN3O2. The van der Waals surface area contributed by atoms with Crippen LogP contribution in [-0.4, -0.2) is 16.1 Å². The van der Waals surface area contributed by atoms with E-state index in [1.807, 2.05) is 0 Å². The molecular weight excluding hydrogens is 261 g/mol. The Bertz CT molecular complexity index is 762. The number of aromatic amines is 1. The van der Waals surface area contributed by atoms with Crippen LogP contribution in [0.3, 0.4) is 0 Å². The quantitative estimate of drug-likeness (QED) is 0.770. The number of furan rings is 1. The normalized spacial score (nSPS) is 10.9. The lowest BCUT2D eigenvalue weighted by molar-refractivity contribution is 0.0924. The molecule has 1 amide bonds. The highest BCUT2D eigenvalue weighted by Gasteiger charge is 2.17. The Morgan fingerprint density at radius 2 is 2.30 bits per heavy atom. The van der Waals surface area contributed by atoms with Gasteiger partial charge in [0, 0.05) is 17.1 Å². The fraction of sp³-hybridized carbons (Fsp3) is 0.143. The molecule has 0 aliphatic heterocycles. The van der Waals surface area contributed by atoms with Gasteiger partial charge >= 0.3 is 0 Å². The number of halogens is 1. The van der Waals surface area contributed by atoms with Gasteiger partial charge in [0.2, 0.25) is 0 Å². The maximum atomic E-state index is 13.2. The Morgan fingerprint density at radius 1 is 1.45 bits per heavy atom. The highest BCUT2D eigenvalue weighted by Crippen LogP contribution is 2.25. The van der Waals surface area contributed by atoms with E-state index in [4.69, 9.17) is 4.42 Å². The molecule has 3 aromatic rings. The van der Waals surface area contributed by atoms with Gasteiger partial charge in [0.1, 0.15) is 11.4 Å². The van der Waals surface area contributed by atoms with Crippen molar-refractivity contribution in [3.05, 3.63) is 53.3 Å². The molecule has 0 spiro atoms. The van der Waals surface area contributed by atoms with Gasteiger partial charge in [-0.2, -0.15) is 5.10 Å². The number of nitrogens with zero attached hydrogens (tertiary/aromatic N) is 1. The van der Waals surface area contributed by atoms with E-state index in [9.17, 15) is 9.18 Å². The van der Waals surface area contributed by atoms with E-state index in [1.165, 1.54) is 18.2 Å².